The molecule has 1 aliphatic carbocycles. The second kappa shape index (κ2) is 6.13. The monoisotopic (exact) mass is 363 g/mol. The summed E-state index contributed by atoms with van der Waals surface area (Å²) in [6.45, 7) is 0. The van der Waals surface area contributed by atoms with Crippen molar-refractivity contribution in [1.29, 1.82) is 5.26 Å². The van der Waals surface area contributed by atoms with E-state index in [-0.39, 0.29) is 23.9 Å². The molecule has 2 aliphatic heterocycles. The summed E-state index contributed by atoms with van der Waals surface area (Å²) in [5, 5.41) is 13.8. The summed E-state index contributed by atoms with van der Waals surface area (Å²) in [7, 11) is 0. The van der Waals surface area contributed by atoms with Gasteiger partial charge >= 0.3 is 0 Å². The maximum Gasteiger partial charge on any atom is 0.223 e. The number of rotatable bonds is 4. The highest BCUT2D eigenvalue weighted by Gasteiger charge is 2.49. The molecule has 6 heteroatoms. The second-order valence-corrected chi connectivity index (χ2v) is 8.04. The molecule has 0 aromatic heterocycles. The number of hydrogen-bond acceptors (Lipinski definition) is 3. The van der Waals surface area contributed by atoms with Crippen LogP contribution in [-0.2, 0) is 11.2 Å². The lowest BCUT2D eigenvalue weighted by Crippen LogP contribution is -2.44. The van der Waals surface area contributed by atoms with Gasteiger partial charge in [-0.05, 0) is 61.8 Å². The Morgan fingerprint density at radius 1 is 1.33 bits per heavy atom. The van der Waals surface area contributed by atoms with Crippen molar-refractivity contribution in [3.63, 3.8) is 0 Å². The first-order chi connectivity index (χ1) is 11.6. The Kier molecular flexibility index (Phi) is 4.10. The largest absolute Gasteiger partial charge is 0.351 e. The van der Waals surface area contributed by atoms with E-state index < -0.39 is 0 Å². The zero-order valence-electron chi connectivity index (χ0n) is 13.2. The third-order valence-corrected chi connectivity index (χ3v) is 6.33. The first-order valence-corrected chi connectivity index (χ1v) is 9.24. The molecule has 4 rings (SSSR count). The van der Waals surface area contributed by atoms with Gasteiger partial charge in [-0.3, -0.25) is 4.79 Å². The average Bonchev–Trinajstić information content (AvgIpc) is 3.11. The summed E-state index contributed by atoms with van der Waals surface area (Å²) in [5.74, 6) is 0.537. The van der Waals surface area contributed by atoms with Gasteiger partial charge in [0.1, 0.15) is 0 Å². The van der Waals surface area contributed by atoms with Crippen LogP contribution in [-0.4, -0.2) is 28.9 Å². The zero-order valence-corrected chi connectivity index (χ0v) is 14.7. The van der Waals surface area contributed by atoms with Crippen molar-refractivity contribution in [3.8, 4) is 6.19 Å². The number of hydrogen-bond donors (Lipinski definition) is 1. The van der Waals surface area contributed by atoms with Crippen LogP contribution in [0, 0.1) is 23.3 Å². The van der Waals surface area contributed by atoms with E-state index >= 15 is 0 Å². The smallest absolute Gasteiger partial charge is 0.223 e. The van der Waals surface area contributed by atoms with Crippen molar-refractivity contribution >= 4 is 29.1 Å². The fraction of sp³-hybridized carbons (Fsp3) is 0.556. The molecule has 2 bridgehead atoms. The molecule has 3 aliphatic rings. The van der Waals surface area contributed by atoms with Crippen molar-refractivity contribution in [2.45, 2.75) is 50.2 Å². The molecule has 1 amide bonds. The minimum atomic E-state index is 0.0645. The van der Waals surface area contributed by atoms with Crippen molar-refractivity contribution in [2.75, 3.05) is 0 Å². The normalized spacial score (nSPS) is 33.4. The molecule has 1 saturated carbocycles. The van der Waals surface area contributed by atoms with Crippen LogP contribution in [0.1, 0.15) is 31.2 Å². The molecule has 2 saturated heterocycles. The predicted octanol–water partition coefficient (Wildman–Crippen LogP) is 3.37. The highest BCUT2D eigenvalue weighted by Crippen LogP contribution is 2.43. The summed E-state index contributed by atoms with van der Waals surface area (Å²) in [4.78, 5) is 14.4. The van der Waals surface area contributed by atoms with Crippen LogP contribution in [0.2, 0.25) is 10.0 Å². The lowest BCUT2D eigenvalue weighted by Gasteiger charge is -2.22. The van der Waals surface area contributed by atoms with Gasteiger partial charge in [-0.15, -0.1) is 0 Å². The van der Waals surface area contributed by atoms with E-state index in [0.29, 0.717) is 22.0 Å². The molecule has 24 heavy (non-hydrogen) atoms. The number of nitrogens with zero attached hydrogens (tertiary/aromatic N) is 2. The van der Waals surface area contributed by atoms with Gasteiger partial charge in [-0.2, -0.15) is 5.26 Å². The number of benzene rings is 1. The molecule has 1 aromatic carbocycles. The van der Waals surface area contributed by atoms with Gasteiger partial charge in [0.2, 0.25) is 5.91 Å². The van der Waals surface area contributed by atoms with Crippen molar-refractivity contribution in [3.05, 3.63) is 33.8 Å². The highest BCUT2D eigenvalue weighted by molar-refractivity contribution is 6.33. The first kappa shape index (κ1) is 16.1. The van der Waals surface area contributed by atoms with Gasteiger partial charge in [-0.1, -0.05) is 23.2 Å². The molecule has 2 heterocycles. The average molecular weight is 364 g/mol. The Morgan fingerprint density at radius 3 is 2.92 bits per heavy atom. The van der Waals surface area contributed by atoms with Crippen molar-refractivity contribution in [1.82, 2.24) is 10.2 Å². The number of carbonyl (C=O) groups excluding carboxylic acids is 1. The van der Waals surface area contributed by atoms with Crippen LogP contribution in [0.4, 0.5) is 0 Å². The number of halogens is 2. The number of amides is 1. The first-order valence-electron chi connectivity index (χ1n) is 8.49. The molecule has 2 unspecified atom stereocenters. The fourth-order valence-electron chi connectivity index (χ4n) is 4.37. The van der Waals surface area contributed by atoms with E-state index in [1.54, 1.807) is 6.07 Å². The Balaban J connectivity index is 1.33. The van der Waals surface area contributed by atoms with Gasteiger partial charge in [0.05, 0.1) is 12.1 Å². The maximum absolute atomic E-state index is 12.5. The Bertz CT molecular complexity index is 717. The third kappa shape index (κ3) is 2.85. The maximum atomic E-state index is 12.5. The van der Waals surface area contributed by atoms with E-state index in [9.17, 15) is 10.1 Å². The summed E-state index contributed by atoms with van der Waals surface area (Å²) in [6, 6.07) is 6.13. The van der Waals surface area contributed by atoms with Crippen LogP contribution in [0.3, 0.4) is 0 Å². The summed E-state index contributed by atoms with van der Waals surface area (Å²) < 4.78 is 0. The summed E-state index contributed by atoms with van der Waals surface area (Å²) in [5.41, 5.74) is 1.01. The van der Waals surface area contributed by atoms with Gasteiger partial charge in [-0.25, -0.2) is 0 Å². The molecule has 4 nitrogen and oxygen atoms in total. The predicted molar refractivity (Wildman–Crippen MR) is 92.6 cm³/mol. The Labute approximate surface area is 151 Å². The van der Waals surface area contributed by atoms with Gasteiger partial charge < -0.3 is 10.2 Å². The molecular formula is C18H19Cl2N3O. The van der Waals surface area contributed by atoms with Crippen LogP contribution in [0.25, 0.3) is 0 Å². The molecule has 1 aromatic rings. The van der Waals surface area contributed by atoms with E-state index in [1.807, 2.05) is 17.0 Å². The second-order valence-electron chi connectivity index (χ2n) is 7.20. The summed E-state index contributed by atoms with van der Waals surface area (Å²) in [6.07, 6.45) is 6.96. The third-order valence-electron chi connectivity index (χ3n) is 5.73. The van der Waals surface area contributed by atoms with E-state index in [1.165, 1.54) is 0 Å². The molecule has 0 spiro atoms. The van der Waals surface area contributed by atoms with Crippen molar-refractivity contribution in [2.24, 2.45) is 11.8 Å². The lowest BCUT2D eigenvalue weighted by molar-refractivity contribution is -0.123. The molecular weight excluding hydrogens is 345 g/mol. The zero-order chi connectivity index (χ0) is 16.8. The SMILES string of the molecule is N#CN1[C@H]2CC[C@@H]1[C@H](NC(=O)C1CC1Cc1cc(Cl)ccc1Cl)C2. The van der Waals surface area contributed by atoms with Crippen LogP contribution < -0.4 is 5.32 Å². The van der Waals surface area contributed by atoms with E-state index in [4.69, 9.17) is 23.2 Å². The minimum Gasteiger partial charge on any atom is -0.351 e. The fourth-order valence-corrected chi connectivity index (χ4v) is 4.76. The van der Waals surface area contributed by atoms with Crippen LogP contribution >= 0.6 is 23.2 Å². The Hall–Kier alpha value is -1.44. The van der Waals surface area contributed by atoms with E-state index in [2.05, 4.69) is 11.5 Å². The topological polar surface area (TPSA) is 56.1 Å². The number of nitrogens with one attached hydrogen (secondary N) is 1. The number of carbonyl (C=O) groups is 1. The highest BCUT2D eigenvalue weighted by atomic mass is 35.5. The minimum absolute atomic E-state index is 0.0645. The molecule has 1 N–H and O–H groups in total. The van der Waals surface area contributed by atoms with Gasteiger partial charge in [0.25, 0.3) is 0 Å². The standard InChI is InChI=1S/C18H19Cl2N3O/c19-12-1-3-15(20)11(6-12)5-10-7-14(10)18(24)22-16-8-13-2-4-17(16)23(13)9-21/h1,3,6,10,13-14,16-17H,2,4-5,7-8H2,(H,22,24)/t10?,13-,14?,16+,17+/m0/s1. The summed E-state index contributed by atoms with van der Waals surface area (Å²) >= 11 is 12.2. The number of nitriles is 1. The lowest BCUT2D eigenvalue weighted by atomic mass is 9.95. The molecule has 126 valence electrons. The quantitative estimate of drug-likeness (QED) is 0.834. The van der Waals surface area contributed by atoms with E-state index in [0.717, 1.165) is 37.7 Å². The van der Waals surface area contributed by atoms with Crippen molar-refractivity contribution < 1.29 is 4.79 Å². The van der Waals surface area contributed by atoms with Crippen LogP contribution in [0.15, 0.2) is 18.2 Å². The number of fused-ring (bicyclic) bond motifs is 2. The van der Waals surface area contributed by atoms with Gasteiger partial charge in [0.15, 0.2) is 6.19 Å². The molecule has 0 radical (unpaired) electrons. The molecule has 5 atom stereocenters. The molecule has 3 fully saturated rings. The Morgan fingerprint density at radius 2 is 2.17 bits per heavy atom. The van der Waals surface area contributed by atoms with Crippen LogP contribution in [0.5, 0.6) is 0 Å². The van der Waals surface area contributed by atoms with Gasteiger partial charge in [0, 0.05) is 22.0 Å².